The number of benzene rings is 2. The molecule has 4 unspecified atom stereocenters. The summed E-state index contributed by atoms with van der Waals surface area (Å²) in [6.45, 7) is 2.59. The highest BCUT2D eigenvalue weighted by atomic mass is 16.4. The molecule has 0 fully saturated rings. The first-order valence-electron chi connectivity index (χ1n) is 16.5. The molecule has 1 heterocycles. The Morgan fingerprint density at radius 1 is 0.939 bits per heavy atom. The first kappa shape index (κ1) is 38.1. The maximum absolute atomic E-state index is 13.7. The van der Waals surface area contributed by atoms with Crippen molar-refractivity contribution in [2.24, 2.45) is 0 Å². The van der Waals surface area contributed by atoms with Gasteiger partial charge in [-0.2, -0.15) is 0 Å². The number of allylic oxidation sites excluding steroid dienone is 1. The Hall–Kier alpha value is -5.33. The number of hydrogen-bond acceptors (Lipinski definition) is 7. The van der Waals surface area contributed by atoms with Gasteiger partial charge in [-0.15, -0.1) is 0 Å². The van der Waals surface area contributed by atoms with E-state index in [2.05, 4.69) is 32.7 Å². The molecule has 3 rings (SSSR count). The van der Waals surface area contributed by atoms with E-state index in [0.29, 0.717) is 18.4 Å². The molecule has 2 aromatic rings. The van der Waals surface area contributed by atoms with Gasteiger partial charge in [-0.05, 0) is 49.3 Å². The predicted octanol–water partition coefficient (Wildman–Crippen LogP) is 2.11. The van der Waals surface area contributed by atoms with Gasteiger partial charge in [0.2, 0.25) is 29.4 Å². The van der Waals surface area contributed by atoms with E-state index >= 15 is 0 Å². The lowest BCUT2D eigenvalue weighted by Gasteiger charge is -2.24. The number of carboxylic acid groups (broad SMARTS) is 1. The van der Waals surface area contributed by atoms with Crippen molar-refractivity contribution < 1.29 is 38.7 Å². The van der Waals surface area contributed by atoms with Gasteiger partial charge in [0.15, 0.2) is 6.04 Å². The maximum atomic E-state index is 13.7. The van der Waals surface area contributed by atoms with Crippen molar-refractivity contribution in [2.45, 2.75) is 89.4 Å². The van der Waals surface area contributed by atoms with Crippen molar-refractivity contribution in [1.29, 1.82) is 0 Å². The molecule has 0 aromatic heterocycles. The van der Waals surface area contributed by atoms with Gasteiger partial charge in [-0.1, -0.05) is 86.5 Å². The lowest BCUT2D eigenvalue weighted by Crippen LogP contribution is -2.57. The van der Waals surface area contributed by atoms with Crippen LogP contribution in [-0.2, 0) is 40.0 Å². The minimum Gasteiger partial charge on any atom is -0.479 e. The topological polar surface area (TPSA) is 200 Å². The Morgan fingerprint density at radius 2 is 1.69 bits per heavy atom. The van der Waals surface area contributed by atoms with Crippen LogP contribution in [0.4, 0.5) is 0 Å². The minimum absolute atomic E-state index is 0.0610. The number of carboxylic acids is 1. The fourth-order valence-corrected chi connectivity index (χ4v) is 5.27. The zero-order valence-electron chi connectivity index (χ0n) is 27.8. The van der Waals surface area contributed by atoms with Gasteiger partial charge in [-0.25, -0.2) is 4.79 Å². The van der Waals surface area contributed by atoms with Crippen LogP contribution in [0.15, 0.2) is 60.7 Å². The average molecular weight is 676 g/mol. The van der Waals surface area contributed by atoms with E-state index in [1.807, 2.05) is 30.3 Å². The number of carbonyl (C=O) groups excluding carboxylic acids is 6. The number of nitrogens with one attached hydrogen (secondary N) is 5. The molecule has 5 amide bonds. The molecule has 0 radical (unpaired) electrons. The van der Waals surface area contributed by atoms with E-state index < -0.39 is 66.1 Å². The molecular weight excluding hydrogens is 630 g/mol. The molecule has 0 saturated carbocycles. The summed E-state index contributed by atoms with van der Waals surface area (Å²) in [5, 5.41) is 22.0. The molecule has 2 aromatic carbocycles. The number of rotatable bonds is 11. The molecule has 1 aliphatic rings. The molecule has 49 heavy (non-hydrogen) atoms. The second-order valence-electron chi connectivity index (χ2n) is 11.9. The van der Waals surface area contributed by atoms with E-state index in [1.165, 1.54) is 19.1 Å². The third kappa shape index (κ3) is 12.7. The molecule has 1 aliphatic heterocycles. The maximum Gasteiger partial charge on any atom is 0.330 e. The Labute approximate surface area is 285 Å². The van der Waals surface area contributed by atoms with Gasteiger partial charge in [0.1, 0.15) is 12.1 Å². The molecule has 0 spiro atoms. The summed E-state index contributed by atoms with van der Waals surface area (Å²) in [7, 11) is 0. The normalized spacial score (nSPS) is 19.1. The predicted molar refractivity (Wildman–Crippen MR) is 182 cm³/mol. The second-order valence-corrected chi connectivity index (χ2v) is 11.9. The third-order valence-corrected chi connectivity index (χ3v) is 7.91. The Bertz CT molecular complexity index is 1530. The molecule has 262 valence electrons. The van der Waals surface area contributed by atoms with Gasteiger partial charge < -0.3 is 31.7 Å². The first-order chi connectivity index (χ1) is 23.5. The number of aliphatic carboxylic acids is 1. The van der Waals surface area contributed by atoms with Crippen LogP contribution in [-0.4, -0.2) is 71.1 Å². The number of ketones is 1. The summed E-state index contributed by atoms with van der Waals surface area (Å²) >= 11 is 0. The number of carbonyl (C=O) groups is 7. The van der Waals surface area contributed by atoms with Gasteiger partial charge in [0.05, 0.1) is 12.6 Å². The third-order valence-electron chi connectivity index (χ3n) is 7.91. The molecule has 0 aliphatic carbocycles. The van der Waals surface area contributed by atoms with Crippen LogP contribution in [0.3, 0.4) is 0 Å². The molecule has 0 saturated heterocycles. The number of Topliss-reactive ketones (excluding diaryl/α,β-unsaturated/α-hetero) is 1. The van der Waals surface area contributed by atoms with E-state index in [4.69, 9.17) is 0 Å². The van der Waals surface area contributed by atoms with Crippen LogP contribution in [0.1, 0.15) is 81.5 Å². The fourth-order valence-electron chi connectivity index (χ4n) is 5.27. The van der Waals surface area contributed by atoms with Crippen LogP contribution in [0.2, 0.25) is 0 Å². The number of amides is 5. The van der Waals surface area contributed by atoms with Crippen LogP contribution in [0.5, 0.6) is 0 Å². The standard InChI is InChI=1S/C36H45N5O8/c1-3-13-27(32(44)35(47)37-22-30(43)41-31(36(48)49)26-17-9-7-10-18-26)39-34(46)28-21-25-16-12-15-24(20-25)14-8-5-4-6-11-19-29(42)38-23(2)33(45)40-28/h7-10,12,14-18,20,23,27-28,31H,3-6,11,13,19,21-22H2,1-2H3,(H,37,47)(H,38,42)(H,39,46)(H,40,45)(H,41,43)(H,48,49)/b14-8-. The highest BCUT2D eigenvalue weighted by Crippen LogP contribution is 2.14. The molecular formula is C36H45N5O8. The van der Waals surface area contributed by atoms with E-state index in [9.17, 15) is 38.7 Å². The van der Waals surface area contributed by atoms with Crippen molar-refractivity contribution in [3.63, 3.8) is 0 Å². The van der Waals surface area contributed by atoms with Crippen molar-refractivity contribution in [1.82, 2.24) is 26.6 Å². The number of hydrogen-bond donors (Lipinski definition) is 6. The summed E-state index contributed by atoms with van der Waals surface area (Å²) in [6, 6.07) is 10.7. The van der Waals surface area contributed by atoms with Crippen LogP contribution in [0.25, 0.3) is 6.08 Å². The largest absolute Gasteiger partial charge is 0.479 e. The molecule has 2 bridgehead atoms. The van der Waals surface area contributed by atoms with Crippen molar-refractivity contribution in [3.05, 3.63) is 77.4 Å². The van der Waals surface area contributed by atoms with E-state index in [-0.39, 0.29) is 25.2 Å². The van der Waals surface area contributed by atoms with Crippen molar-refractivity contribution >= 4 is 47.4 Å². The fraction of sp³-hybridized carbons (Fsp3) is 0.417. The summed E-state index contributed by atoms with van der Waals surface area (Å²) in [5.74, 6) is -5.88. The summed E-state index contributed by atoms with van der Waals surface area (Å²) in [4.78, 5) is 89.4. The quantitative estimate of drug-likeness (QED) is 0.195. The smallest absolute Gasteiger partial charge is 0.330 e. The average Bonchev–Trinajstić information content (AvgIpc) is 3.08. The summed E-state index contributed by atoms with van der Waals surface area (Å²) in [5.41, 5.74) is 1.97. The molecule has 13 nitrogen and oxygen atoms in total. The van der Waals surface area contributed by atoms with E-state index in [1.54, 1.807) is 25.1 Å². The lowest BCUT2D eigenvalue weighted by molar-refractivity contribution is -0.142. The summed E-state index contributed by atoms with van der Waals surface area (Å²) in [6.07, 6.45) is 8.16. The number of fused-ring (bicyclic) bond motifs is 2. The summed E-state index contributed by atoms with van der Waals surface area (Å²) < 4.78 is 0. The van der Waals surface area contributed by atoms with Gasteiger partial charge in [0.25, 0.3) is 5.91 Å². The Kier molecular flexibility index (Phi) is 15.2. The monoisotopic (exact) mass is 675 g/mol. The zero-order chi connectivity index (χ0) is 35.8. The lowest BCUT2D eigenvalue weighted by atomic mass is 10.0. The highest BCUT2D eigenvalue weighted by Gasteiger charge is 2.31. The highest BCUT2D eigenvalue weighted by molar-refractivity contribution is 6.38. The molecule has 4 atom stereocenters. The van der Waals surface area contributed by atoms with Gasteiger partial charge in [0, 0.05) is 12.8 Å². The zero-order valence-corrected chi connectivity index (χ0v) is 27.8. The molecule has 13 heteroatoms. The van der Waals surface area contributed by atoms with Gasteiger partial charge >= 0.3 is 5.97 Å². The van der Waals surface area contributed by atoms with Crippen molar-refractivity contribution in [3.8, 4) is 0 Å². The second kappa shape index (κ2) is 19.5. The van der Waals surface area contributed by atoms with E-state index in [0.717, 1.165) is 30.4 Å². The van der Waals surface area contributed by atoms with Crippen molar-refractivity contribution in [2.75, 3.05) is 6.54 Å². The molecule has 6 N–H and O–H groups in total. The van der Waals surface area contributed by atoms with Crippen LogP contribution >= 0.6 is 0 Å². The minimum atomic E-state index is -1.37. The van der Waals surface area contributed by atoms with Crippen LogP contribution < -0.4 is 26.6 Å². The van der Waals surface area contributed by atoms with Crippen LogP contribution in [0, 0.1) is 0 Å². The Balaban J connectivity index is 1.72. The first-order valence-corrected chi connectivity index (χ1v) is 16.5. The Morgan fingerprint density at radius 3 is 2.41 bits per heavy atom. The SMILES string of the molecule is CCCC(NC(=O)C1Cc2cccc(c2)/C=C\CCCCCC(=O)NC(C)C(=O)N1)C(=O)C(=O)NCC(=O)NC(C(=O)O)c1ccccc1. The van der Waals surface area contributed by atoms with Gasteiger partial charge in [-0.3, -0.25) is 28.8 Å².